The highest BCUT2D eigenvalue weighted by Crippen LogP contribution is 2.17. The van der Waals surface area contributed by atoms with E-state index in [2.05, 4.69) is 5.32 Å². The fourth-order valence-corrected chi connectivity index (χ4v) is 1.84. The van der Waals surface area contributed by atoms with Crippen molar-refractivity contribution >= 4 is 11.9 Å². The summed E-state index contributed by atoms with van der Waals surface area (Å²) in [5, 5.41) is 2.81. The van der Waals surface area contributed by atoms with E-state index < -0.39 is 11.9 Å². The zero-order chi connectivity index (χ0) is 17.5. The number of nitrogens with one attached hydrogen (secondary N) is 1. The molecule has 0 aromatic heterocycles. The molecule has 1 unspecified atom stereocenters. The smallest absolute Gasteiger partial charge is 0.343 e. The third kappa shape index (κ3) is 4.57. The van der Waals surface area contributed by atoms with E-state index in [1.54, 1.807) is 69.6 Å². The third-order valence-electron chi connectivity index (χ3n) is 3.32. The molecular weight excluding hydrogens is 310 g/mol. The second-order valence-corrected chi connectivity index (χ2v) is 4.98. The topological polar surface area (TPSA) is 73.9 Å². The molecule has 6 nitrogen and oxygen atoms in total. The van der Waals surface area contributed by atoms with Crippen LogP contribution in [0.3, 0.4) is 0 Å². The summed E-state index contributed by atoms with van der Waals surface area (Å²) in [6.07, 6.45) is -0.384. The van der Waals surface area contributed by atoms with Crippen molar-refractivity contribution in [1.29, 1.82) is 0 Å². The van der Waals surface area contributed by atoms with Crippen LogP contribution in [-0.2, 0) is 4.74 Å². The van der Waals surface area contributed by atoms with Crippen molar-refractivity contribution in [2.75, 3.05) is 14.2 Å². The van der Waals surface area contributed by atoms with Crippen LogP contribution in [0.4, 0.5) is 0 Å². The molecule has 0 aliphatic carbocycles. The van der Waals surface area contributed by atoms with Crippen LogP contribution < -0.4 is 14.8 Å². The summed E-state index contributed by atoms with van der Waals surface area (Å²) in [6, 6.07) is 12.8. The van der Waals surface area contributed by atoms with Crippen LogP contribution in [0.5, 0.6) is 11.5 Å². The van der Waals surface area contributed by atoms with Crippen molar-refractivity contribution in [2.24, 2.45) is 0 Å². The molecule has 2 aromatic carbocycles. The van der Waals surface area contributed by atoms with Crippen LogP contribution in [0, 0.1) is 0 Å². The molecule has 1 N–H and O–H groups in total. The average Bonchev–Trinajstić information content (AvgIpc) is 2.62. The van der Waals surface area contributed by atoms with E-state index in [1.165, 1.54) is 0 Å². The van der Waals surface area contributed by atoms with Gasteiger partial charge in [0.1, 0.15) is 11.5 Å². The molecule has 0 saturated heterocycles. The van der Waals surface area contributed by atoms with Crippen molar-refractivity contribution in [3.8, 4) is 11.5 Å². The molecule has 0 amide bonds. The highest BCUT2D eigenvalue weighted by Gasteiger charge is 2.12. The molecule has 2 rings (SSSR count). The molecule has 0 radical (unpaired) electrons. The minimum Gasteiger partial charge on any atom is -0.497 e. The number of hydrogen-bond donors (Lipinski definition) is 1. The molecule has 2 aromatic rings. The normalized spacial score (nSPS) is 11.5. The molecule has 6 heteroatoms. The van der Waals surface area contributed by atoms with Crippen LogP contribution in [0.1, 0.15) is 27.6 Å². The standard InChI is InChI=1S/C18H19NO5/c1-12(19-2)23-17(20)13-6-10-16(11-7-13)24-18(21)14-4-8-15(22-3)9-5-14/h4-12,19H,1-3H3. The van der Waals surface area contributed by atoms with Crippen molar-refractivity contribution < 1.29 is 23.8 Å². The van der Waals surface area contributed by atoms with Gasteiger partial charge in [-0.05, 0) is 62.5 Å². The highest BCUT2D eigenvalue weighted by atomic mass is 16.6. The molecule has 1 atom stereocenters. The van der Waals surface area contributed by atoms with Gasteiger partial charge in [-0.15, -0.1) is 0 Å². The monoisotopic (exact) mass is 329 g/mol. The van der Waals surface area contributed by atoms with Crippen LogP contribution in [0.15, 0.2) is 48.5 Å². The predicted molar refractivity (Wildman–Crippen MR) is 88.3 cm³/mol. The van der Waals surface area contributed by atoms with Gasteiger partial charge in [0.05, 0.1) is 18.2 Å². The van der Waals surface area contributed by atoms with E-state index in [9.17, 15) is 9.59 Å². The largest absolute Gasteiger partial charge is 0.497 e. The minimum atomic E-state index is -0.489. The molecular formula is C18H19NO5. The highest BCUT2D eigenvalue weighted by molar-refractivity contribution is 5.92. The summed E-state index contributed by atoms with van der Waals surface area (Å²) >= 11 is 0. The van der Waals surface area contributed by atoms with Gasteiger partial charge in [0.15, 0.2) is 6.23 Å². The first-order valence-electron chi connectivity index (χ1n) is 7.38. The van der Waals surface area contributed by atoms with Crippen LogP contribution >= 0.6 is 0 Å². The van der Waals surface area contributed by atoms with Crippen LogP contribution in [-0.4, -0.2) is 32.3 Å². The summed E-state index contributed by atoms with van der Waals surface area (Å²) in [5.41, 5.74) is 0.781. The van der Waals surface area contributed by atoms with Gasteiger partial charge in [0, 0.05) is 0 Å². The van der Waals surface area contributed by atoms with Gasteiger partial charge in [0.2, 0.25) is 0 Å². The maximum absolute atomic E-state index is 12.1. The maximum Gasteiger partial charge on any atom is 0.343 e. The fourth-order valence-electron chi connectivity index (χ4n) is 1.84. The van der Waals surface area contributed by atoms with Gasteiger partial charge >= 0.3 is 11.9 Å². The number of benzene rings is 2. The minimum absolute atomic E-state index is 0.342. The summed E-state index contributed by atoms with van der Waals surface area (Å²) < 4.78 is 15.4. The Balaban J connectivity index is 2.00. The first-order valence-corrected chi connectivity index (χ1v) is 7.38. The van der Waals surface area contributed by atoms with Crippen LogP contribution in [0.25, 0.3) is 0 Å². The number of rotatable bonds is 6. The van der Waals surface area contributed by atoms with E-state index in [-0.39, 0.29) is 6.23 Å². The van der Waals surface area contributed by atoms with Gasteiger partial charge in [-0.25, -0.2) is 9.59 Å². The Hall–Kier alpha value is -2.86. The van der Waals surface area contributed by atoms with E-state index in [0.717, 1.165) is 0 Å². The lowest BCUT2D eigenvalue weighted by Crippen LogP contribution is -2.27. The van der Waals surface area contributed by atoms with Gasteiger partial charge < -0.3 is 14.2 Å². The Morgan fingerprint density at radius 2 is 1.38 bits per heavy atom. The number of esters is 2. The lowest BCUT2D eigenvalue weighted by Gasteiger charge is -2.12. The molecule has 126 valence electrons. The molecule has 0 aliphatic rings. The molecule has 0 spiro atoms. The van der Waals surface area contributed by atoms with Gasteiger partial charge in [0.25, 0.3) is 0 Å². The fraction of sp³-hybridized carbons (Fsp3) is 0.222. The average molecular weight is 329 g/mol. The summed E-state index contributed by atoms with van der Waals surface area (Å²) in [4.78, 5) is 23.9. The molecule has 24 heavy (non-hydrogen) atoms. The summed E-state index contributed by atoms with van der Waals surface area (Å²) in [7, 11) is 3.25. The van der Waals surface area contributed by atoms with E-state index in [0.29, 0.717) is 22.6 Å². The lowest BCUT2D eigenvalue weighted by molar-refractivity contribution is 0.0284. The van der Waals surface area contributed by atoms with Gasteiger partial charge in [-0.3, -0.25) is 5.32 Å². The number of methoxy groups -OCH3 is 1. The van der Waals surface area contributed by atoms with E-state index >= 15 is 0 Å². The number of carbonyl (C=O) groups excluding carboxylic acids is 2. The Morgan fingerprint density at radius 1 is 0.875 bits per heavy atom. The third-order valence-corrected chi connectivity index (χ3v) is 3.32. The molecule has 0 saturated carbocycles. The molecule has 0 bridgehead atoms. The van der Waals surface area contributed by atoms with Crippen molar-refractivity contribution in [3.63, 3.8) is 0 Å². The number of hydrogen-bond acceptors (Lipinski definition) is 6. The molecule has 0 aliphatic heterocycles. The zero-order valence-electron chi connectivity index (χ0n) is 13.7. The summed E-state index contributed by atoms with van der Waals surface area (Å²) in [6.45, 7) is 1.73. The Kier molecular flexibility index (Phi) is 5.92. The van der Waals surface area contributed by atoms with Gasteiger partial charge in [-0.1, -0.05) is 0 Å². The quantitative estimate of drug-likeness (QED) is 0.499. The predicted octanol–water partition coefficient (Wildman–Crippen LogP) is 2.64. The van der Waals surface area contributed by atoms with Crippen LogP contribution in [0.2, 0.25) is 0 Å². The molecule has 0 heterocycles. The van der Waals surface area contributed by atoms with E-state index in [4.69, 9.17) is 14.2 Å². The molecule has 0 fully saturated rings. The first-order chi connectivity index (χ1) is 11.5. The van der Waals surface area contributed by atoms with Gasteiger partial charge in [-0.2, -0.15) is 0 Å². The number of carbonyl (C=O) groups is 2. The first kappa shape index (κ1) is 17.5. The zero-order valence-corrected chi connectivity index (χ0v) is 13.7. The maximum atomic E-state index is 12.1. The Bertz CT molecular complexity index is 694. The SMILES string of the molecule is CNC(C)OC(=O)c1ccc(OC(=O)c2ccc(OC)cc2)cc1. The van der Waals surface area contributed by atoms with Crippen molar-refractivity contribution in [3.05, 3.63) is 59.7 Å². The Morgan fingerprint density at radius 3 is 1.88 bits per heavy atom. The Labute approximate surface area is 140 Å². The number of ether oxygens (including phenoxy) is 3. The second-order valence-electron chi connectivity index (χ2n) is 4.98. The van der Waals surface area contributed by atoms with E-state index in [1.807, 2.05) is 0 Å². The van der Waals surface area contributed by atoms with Crippen molar-refractivity contribution in [1.82, 2.24) is 5.32 Å². The summed E-state index contributed by atoms with van der Waals surface area (Å²) in [5.74, 6) is 0.0564. The van der Waals surface area contributed by atoms with Crippen molar-refractivity contribution in [2.45, 2.75) is 13.2 Å². The lowest BCUT2D eigenvalue weighted by atomic mass is 10.2. The second kappa shape index (κ2) is 8.12.